The number of nitrogens with one attached hydrogen (secondary N) is 1. The lowest BCUT2D eigenvalue weighted by atomic mass is 9.95. The van der Waals surface area contributed by atoms with Crippen LogP contribution >= 0.6 is 0 Å². The molecule has 1 heterocycles. The lowest BCUT2D eigenvalue weighted by Gasteiger charge is -2.25. The molecule has 7 nitrogen and oxygen atoms in total. The minimum atomic E-state index is 0.487. The summed E-state index contributed by atoms with van der Waals surface area (Å²) >= 11 is 0. The van der Waals surface area contributed by atoms with E-state index in [1.54, 1.807) is 14.2 Å². The summed E-state index contributed by atoms with van der Waals surface area (Å²) < 4.78 is 5.48. The Hall–Kier alpha value is -2.31. The quantitative estimate of drug-likeness (QED) is 0.841. The predicted molar refractivity (Wildman–Crippen MR) is 85.7 cm³/mol. The van der Waals surface area contributed by atoms with Crippen molar-refractivity contribution in [2.24, 2.45) is 7.05 Å². The number of benzene rings is 1. The van der Waals surface area contributed by atoms with Crippen molar-refractivity contribution in [3.05, 3.63) is 12.1 Å². The third-order valence-corrected chi connectivity index (χ3v) is 4.09. The van der Waals surface area contributed by atoms with Crippen molar-refractivity contribution in [3.63, 3.8) is 0 Å². The van der Waals surface area contributed by atoms with Crippen LogP contribution in [-0.2, 0) is 7.05 Å². The first-order valence-electron chi connectivity index (χ1n) is 7.66. The molecule has 1 aromatic heterocycles. The summed E-state index contributed by atoms with van der Waals surface area (Å²) in [5.41, 5.74) is 8.55. The molecule has 0 atom stereocenters. The first-order chi connectivity index (χ1) is 10.7. The van der Waals surface area contributed by atoms with Gasteiger partial charge < -0.3 is 15.8 Å². The van der Waals surface area contributed by atoms with Crippen molar-refractivity contribution in [1.82, 2.24) is 20.2 Å². The largest absolute Gasteiger partial charge is 0.496 e. The van der Waals surface area contributed by atoms with Crippen LogP contribution in [0.15, 0.2) is 12.1 Å². The molecule has 0 bridgehead atoms. The van der Waals surface area contributed by atoms with E-state index in [-0.39, 0.29) is 0 Å². The van der Waals surface area contributed by atoms with Gasteiger partial charge >= 0.3 is 0 Å². The van der Waals surface area contributed by atoms with E-state index in [4.69, 9.17) is 10.5 Å². The molecule has 0 spiro atoms. The first-order valence-corrected chi connectivity index (χ1v) is 7.66. The van der Waals surface area contributed by atoms with Gasteiger partial charge in [0, 0.05) is 12.1 Å². The lowest BCUT2D eigenvalue weighted by molar-refractivity contribution is 0.416. The van der Waals surface area contributed by atoms with Gasteiger partial charge in [-0.3, -0.25) is 0 Å². The van der Waals surface area contributed by atoms with Crippen LogP contribution in [0.2, 0.25) is 0 Å². The number of ether oxygens (including phenoxy) is 1. The number of tetrazole rings is 1. The fraction of sp³-hybridized carbons (Fsp3) is 0.533. The number of nitrogen functional groups attached to an aromatic ring is 1. The molecule has 3 N–H and O–H groups in total. The van der Waals surface area contributed by atoms with Crippen LogP contribution in [-0.4, -0.2) is 33.4 Å². The van der Waals surface area contributed by atoms with E-state index in [0.29, 0.717) is 23.3 Å². The maximum atomic E-state index is 6.21. The Morgan fingerprint density at radius 1 is 1.27 bits per heavy atom. The Kier molecular flexibility index (Phi) is 4.13. The molecule has 7 heteroatoms. The Labute approximate surface area is 129 Å². The van der Waals surface area contributed by atoms with Crippen molar-refractivity contribution in [2.45, 2.75) is 38.1 Å². The van der Waals surface area contributed by atoms with E-state index < -0.39 is 0 Å². The van der Waals surface area contributed by atoms with Gasteiger partial charge in [-0.25, -0.2) is 0 Å². The molecule has 2 aromatic rings. The molecule has 1 saturated carbocycles. The molecular weight excluding hydrogens is 280 g/mol. The Morgan fingerprint density at radius 3 is 2.68 bits per heavy atom. The van der Waals surface area contributed by atoms with Crippen LogP contribution in [0.5, 0.6) is 5.75 Å². The van der Waals surface area contributed by atoms with Crippen molar-refractivity contribution in [3.8, 4) is 17.1 Å². The molecule has 1 aliphatic rings. The summed E-state index contributed by atoms with van der Waals surface area (Å²) in [6.07, 6.45) is 6.26. The second-order valence-electron chi connectivity index (χ2n) is 5.72. The fourth-order valence-corrected chi connectivity index (χ4v) is 2.92. The summed E-state index contributed by atoms with van der Waals surface area (Å²) in [5.74, 6) is 1.20. The van der Waals surface area contributed by atoms with Crippen LogP contribution in [0.4, 0.5) is 11.4 Å². The molecule has 3 rings (SSSR count). The molecular formula is C15H22N6O. The van der Waals surface area contributed by atoms with E-state index in [0.717, 1.165) is 11.3 Å². The molecule has 22 heavy (non-hydrogen) atoms. The smallest absolute Gasteiger partial charge is 0.208 e. The topological polar surface area (TPSA) is 90.9 Å². The minimum Gasteiger partial charge on any atom is -0.496 e. The highest BCUT2D eigenvalue weighted by molar-refractivity contribution is 5.78. The summed E-state index contributed by atoms with van der Waals surface area (Å²) in [5, 5.41) is 15.6. The first kappa shape index (κ1) is 14.6. The molecule has 1 fully saturated rings. The summed E-state index contributed by atoms with van der Waals surface area (Å²) in [6.45, 7) is 0. The van der Waals surface area contributed by atoms with Gasteiger partial charge in [-0.15, -0.1) is 10.2 Å². The zero-order valence-electron chi connectivity index (χ0n) is 13.0. The highest BCUT2D eigenvalue weighted by Gasteiger charge is 2.18. The Balaban J connectivity index is 1.89. The molecule has 118 valence electrons. The zero-order chi connectivity index (χ0) is 15.5. The second kappa shape index (κ2) is 6.21. The van der Waals surface area contributed by atoms with Crippen LogP contribution in [0, 0.1) is 0 Å². The molecule has 0 saturated heterocycles. The maximum absolute atomic E-state index is 6.21. The van der Waals surface area contributed by atoms with Crippen LogP contribution in [0.1, 0.15) is 32.1 Å². The monoisotopic (exact) mass is 302 g/mol. The molecule has 0 amide bonds. The lowest BCUT2D eigenvalue weighted by Crippen LogP contribution is -2.22. The van der Waals surface area contributed by atoms with Crippen molar-refractivity contribution < 1.29 is 4.74 Å². The highest BCUT2D eigenvalue weighted by Crippen LogP contribution is 2.35. The van der Waals surface area contributed by atoms with Gasteiger partial charge in [0.2, 0.25) is 5.82 Å². The number of aryl methyl sites for hydroxylation is 1. The molecule has 0 unspecified atom stereocenters. The summed E-state index contributed by atoms with van der Waals surface area (Å²) in [4.78, 5) is 1.42. The predicted octanol–water partition coefficient (Wildman–Crippen LogP) is 2.21. The van der Waals surface area contributed by atoms with E-state index in [2.05, 4.69) is 20.7 Å². The number of hydrogen-bond donors (Lipinski definition) is 2. The van der Waals surface area contributed by atoms with Gasteiger partial charge in [-0.2, -0.15) is 4.80 Å². The van der Waals surface area contributed by atoms with E-state index in [1.165, 1.54) is 36.9 Å². The number of methoxy groups -OCH3 is 1. The van der Waals surface area contributed by atoms with E-state index in [1.807, 2.05) is 12.1 Å². The van der Waals surface area contributed by atoms with Gasteiger partial charge in [0.25, 0.3) is 0 Å². The van der Waals surface area contributed by atoms with Crippen LogP contribution in [0.3, 0.4) is 0 Å². The number of rotatable bonds is 4. The van der Waals surface area contributed by atoms with Gasteiger partial charge in [-0.05, 0) is 24.1 Å². The normalized spacial score (nSPS) is 15.7. The standard InChI is InChI=1S/C15H22N6O/c1-21-19-15(18-20-21)11-8-12(16)13(9-14(11)22-2)17-10-6-4-3-5-7-10/h8-10,17H,3-7,16H2,1-2H3. The summed E-state index contributed by atoms with van der Waals surface area (Å²) in [7, 11) is 3.36. The molecule has 0 radical (unpaired) electrons. The second-order valence-corrected chi connectivity index (χ2v) is 5.72. The van der Waals surface area contributed by atoms with Crippen LogP contribution in [0.25, 0.3) is 11.4 Å². The number of anilines is 2. The third-order valence-electron chi connectivity index (χ3n) is 4.09. The SMILES string of the molecule is COc1cc(NC2CCCCC2)c(N)cc1-c1nnn(C)n1. The van der Waals surface area contributed by atoms with Gasteiger partial charge in [0.1, 0.15) is 5.75 Å². The number of nitrogens with zero attached hydrogens (tertiary/aromatic N) is 4. The van der Waals surface area contributed by atoms with Crippen molar-refractivity contribution in [1.29, 1.82) is 0 Å². The Bertz CT molecular complexity index is 647. The molecule has 0 aliphatic heterocycles. The van der Waals surface area contributed by atoms with Crippen molar-refractivity contribution in [2.75, 3.05) is 18.2 Å². The number of hydrogen-bond acceptors (Lipinski definition) is 6. The fourth-order valence-electron chi connectivity index (χ4n) is 2.92. The van der Waals surface area contributed by atoms with Crippen LogP contribution < -0.4 is 15.8 Å². The maximum Gasteiger partial charge on any atom is 0.208 e. The number of nitrogens with two attached hydrogens (primary N) is 1. The van der Waals surface area contributed by atoms with Crippen molar-refractivity contribution >= 4 is 11.4 Å². The number of aromatic nitrogens is 4. The highest BCUT2D eigenvalue weighted by atomic mass is 16.5. The summed E-state index contributed by atoms with van der Waals surface area (Å²) in [6, 6.07) is 4.26. The zero-order valence-corrected chi connectivity index (χ0v) is 13.0. The molecule has 1 aliphatic carbocycles. The third kappa shape index (κ3) is 2.98. The Morgan fingerprint density at radius 2 is 2.05 bits per heavy atom. The minimum absolute atomic E-state index is 0.487. The average Bonchev–Trinajstić information content (AvgIpc) is 2.96. The van der Waals surface area contributed by atoms with Gasteiger partial charge in [0.15, 0.2) is 0 Å². The van der Waals surface area contributed by atoms with Gasteiger partial charge in [-0.1, -0.05) is 19.3 Å². The molecule has 1 aromatic carbocycles. The average molecular weight is 302 g/mol. The van der Waals surface area contributed by atoms with Gasteiger partial charge in [0.05, 0.1) is 31.1 Å². The van der Waals surface area contributed by atoms with E-state index >= 15 is 0 Å². The van der Waals surface area contributed by atoms with E-state index in [9.17, 15) is 0 Å².